The molecular weight excluding hydrogens is 284 g/mol. The van der Waals surface area contributed by atoms with Gasteiger partial charge in [0.15, 0.2) is 5.96 Å². The van der Waals surface area contributed by atoms with E-state index in [-0.39, 0.29) is 0 Å². The van der Waals surface area contributed by atoms with Crippen LogP contribution in [-0.4, -0.2) is 38.7 Å². The van der Waals surface area contributed by atoms with E-state index in [4.69, 9.17) is 0 Å². The summed E-state index contributed by atoms with van der Waals surface area (Å²) in [5.74, 6) is 1.92. The van der Waals surface area contributed by atoms with E-state index in [0.717, 1.165) is 31.5 Å². The standard InChI is InChI=1S/C19H30N4/c1-15-5-9-18(10-6-15)23-13-3-4-17(14-23)22-19(20-2)21-12-11-16-7-8-16/h5-6,9-10,16-17H,3-4,7-8,11-14H2,1-2H3,(H2,20,21,22). The Morgan fingerprint density at radius 1 is 1.22 bits per heavy atom. The number of aryl methyl sites for hydroxylation is 1. The fraction of sp³-hybridized carbons (Fsp3) is 0.632. The lowest BCUT2D eigenvalue weighted by molar-refractivity contribution is 0.467. The first-order valence-corrected chi connectivity index (χ1v) is 9.03. The molecule has 2 fully saturated rings. The number of anilines is 1. The van der Waals surface area contributed by atoms with Crippen LogP contribution in [-0.2, 0) is 0 Å². The largest absolute Gasteiger partial charge is 0.369 e. The molecule has 4 heteroatoms. The van der Waals surface area contributed by atoms with Crippen molar-refractivity contribution in [2.24, 2.45) is 10.9 Å². The highest BCUT2D eigenvalue weighted by atomic mass is 15.2. The normalized spacial score (nSPS) is 22.1. The second-order valence-corrected chi connectivity index (χ2v) is 7.00. The van der Waals surface area contributed by atoms with Crippen LogP contribution >= 0.6 is 0 Å². The van der Waals surface area contributed by atoms with Gasteiger partial charge in [-0.25, -0.2) is 0 Å². The molecular formula is C19H30N4. The topological polar surface area (TPSA) is 39.7 Å². The van der Waals surface area contributed by atoms with Gasteiger partial charge in [0.1, 0.15) is 0 Å². The van der Waals surface area contributed by atoms with E-state index in [2.05, 4.69) is 51.7 Å². The fourth-order valence-electron chi connectivity index (χ4n) is 3.27. The number of hydrogen-bond donors (Lipinski definition) is 2. The molecule has 1 aromatic rings. The van der Waals surface area contributed by atoms with Crippen molar-refractivity contribution in [3.05, 3.63) is 29.8 Å². The van der Waals surface area contributed by atoms with Crippen molar-refractivity contribution in [2.45, 2.75) is 45.1 Å². The molecule has 1 saturated heterocycles. The molecule has 1 saturated carbocycles. The summed E-state index contributed by atoms with van der Waals surface area (Å²) in [4.78, 5) is 6.87. The molecule has 4 nitrogen and oxygen atoms in total. The Labute approximate surface area is 140 Å². The van der Waals surface area contributed by atoms with E-state index < -0.39 is 0 Å². The summed E-state index contributed by atoms with van der Waals surface area (Å²) in [7, 11) is 1.87. The molecule has 2 aliphatic rings. The Hall–Kier alpha value is -1.71. The Balaban J connectivity index is 1.49. The maximum absolute atomic E-state index is 4.38. The lowest BCUT2D eigenvalue weighted by Gasteiger charge is -2.35. The van der Waals surface area contributed by atoms with Gasteiger partial charge in [0.2, 0.25) is 0 Å². The van der Waals surface area contributed by atoms with Crippen molar-refractivity contribution in [1.82, 2.24) is 10.6 Å². The average Bonchev–Trinajstić information content (AvgIpc) is 3.39. The number of hydrogen-bond acceptors (Lipinski definition) is 2. The summed E-state index contributed by atoms with van der Waals surface area (Å²) in [6.45, 7) is 5.38. The molecule has 0 bridgehead atoms. The van der Waals surface area contributed by atoms with Crippen molar-refractivity contribution < 1.29 is 0 Å². The fourth-order valence-corrected chi connectivity index (χ4v) is 3.27. The molecule has 2 N–H and O–H groups in total. The van der Waals surface area contributed by atoms with E-state index in [1.807, 2.05) is 7.05 Å². The summed E-state index contributed by atoms with van der Waals surface area (Å²) in [6, 6.07) is 9.34. The molecule has 126 valence electrons. The van der Waals surface area contributed by atoms with Crippen LogP contribution in [0.3, 0.4) is 0 Å². The summed E-state index contributed by atoms with van der Waals surface area (Å²) in [6.07, 6.45) is 6.56. The minimum atomic E-state index is 0.470. The van der Waals surface area contributed by atoms with Crippen LogP contribution in [0.5, 0.6) is 0 Å². The van der Waals surface area contributed by atoms with E-state index in [0.29, 0.717) is 6.04 Å². The zero-order valence-corrected chi connectivity index (χ0v) is 14.5. The van der Waals surface area contributed by atoms with Gasteiger partial charge < -0.3 is 15.5 Å². The minimum Gasteiger partial charge on any atom is -0.369 e. The van der Waals surface area contributed by atoms with E-state index in [1.165, 1.54) is 43.4 Å². The monoisotopic (exact) mass is 314 g/mol. The van der Waals surface area contributed by atoms with Gasteiger partial charge in [-0.1, -0.05) is 30.5 Å². The molecule has 0 radical (unpaired) electrons. The number of rotatable bonds is 5. The van der Waals surface area contributed by atoms with Crippen LogP contribution in [0.25, 0.3) is 0 Å². The van der Waals surface area contributed by atoms with Gasteiger partial charge in [0.05, 0.1) is 0 Å². The maximum atomic E-state index is 4.38. The minimum absolute atomic E-state index is 0.470. The molecule has 23 heavy (non-hydrogen) atoms. The molecule has 0 spiro atoms. The molecule has 0 amide bonds. The highest BCUT2D eigenvalue weighted by Gasteiger charge is 2.22. The first-order chi connectivity index (χ1) is 11.2. The number of guanidine groups is 1. The quantitative estimate of drug-likeness (QED) is 0.648. The lowest BCUT2D eigenvalue weighted by atomic mass is 10.0. The van der Waals surface area contributed by atoms with Gasteiger partial charge in [0, 0.05) is 38.4 Å². The molecule has 3 rings (SSSR count). The van der Waals surface area contributed by atoms with E-state index in [9.17, 15) is 0 Å². The van der Waals surface area contributed by atoms with Crippen LogP contribution in [0.2, 0.25) is 0 Å². The zero-order valence-electron chi connectivity index (χ0n) is 14.5. The number of benzene rings is 1. The highest BCUT2D eigenvalue weighted by Crippen LogP contribution is 2.31. The van der Waals surface area contributed by atoms with Crippen molar-refractivity contribution in [1.29, 1.82) is 0 Å². The molecule has 0 aromatic heterocycles. The van der Waals surface area contributed by atoms with Gasteiger partial charge >= 0.3 is 0 Å². The van der Waals surface area contributed by atoms with E-state index in [1.54, 1.807) is 0 Å². The summed E-state index contributed by atoms with van der Waals surface area (Å²) in [5, 5.41) is 7.08. The number of piperidine rings is 1. The lowest BCUT2D eigenvalue weighted by Crippen LogP contribution is -2.51. The molecule has 1 unspecified atom stereocenters. The third kappa shape index (κ3) is 4.88. The Bertz CT molecular complexity index is 519. The van der Waals surface area contributed by atoms with Crippen molar-refractivity contribution in [2.75, 3.05) is 31.6 Å². The molecule has 1 aliphatic heterocycles. The van der Waals surface area contributed by atoms with Gasteiger partial charge in [-0.15, -0.1) is 0 Å². The maximum Gasteiger partial charge on any atom is 0.191 e. The predicted molar refractivity (Wildman–Crippen MR) is 98.3 cm³/mol. The zero-order chi connectivity index (χ0) is 16.1. The molecule has 1 aliphatic carbocycles. The number of nitrogens with one attached hydrogen (secondary N) is 2. The van der Waals surface area contributed by atoms with Crippen molar-refractivity contribution in [3.8, 4) is 0 Å². The van der Waals surface area contributed by atoms with Gasteiger partial charge in [-0.05, 0) is 44.2 Å². The summed E-state index contributed by atoms with van der Waals surface area (Å²) < 4.78 is 0. The predicted octanol–water partition coefficient (Wildman–Crippen LogP) is 2.93. The molecule has 1 heterocycles. The first-order valence-electron chi connectivity index (χ1n) is 9.03. The Morgan fingerprint density at radius 2 is 2.00 bits per heavy atom. The Morgan fingerprint density at radius 3 is 2.70 bits per heavy atom. The smallest absolute Gasteiger partial charge is 0.191 e. The number of aliphatic imine (C=N–C) groups is 1. The molecule has 1 atom stereocenters. The van der Waals surface area contributed by atoms with E-state index >= 15 is 0 Å². The van der Waals surface area contributed by atoms with Crippen LogP contribution in [0.15, 0.2) is 29.3 Å². The summed E-state index contributed by atoms with van der Waals surface area (Å²) in [5.41, 5.74) is 2.65. The number of nitrogens with zero attached hydrogens (tertiary/aromatic N) is 2. The summed E-state index contributed by atoms with van der Waals surface area (Å²) >= 11 is 0. The second-order valence-electron chi connectivity index (χ2n) is 7.00. The van der Waals surface area contributed by atoms with Gasteiger partial charge in [-0.2, -0.15) is 0 Å². The van der Waals surface area contributed by atoms with Crippen molar-refractivity contribution in [3.63, 3.8) is 0 Å². The first kappa shape index (κ1) is 16.2. The van der Waals surface area contributed by atoms with Gasteiger partial charge in [-0.3, -0.25) is 4.99 Å². The Kier molecular flexibility index (Phi) is 5.42. The SMILES string of the molecule is CN=C(NCCC1CC1)NC1CCCN(c2ccc(C)cc2)C1. The third-order valence-corrected chi connectivity index (χ3v) is 4.93. The second kappa shape index (κ2) is 7.71. The van der Waals surface area contributed by atoms with Crippen LogP contribution in [0, 0.1) is 12.8 Å². The van der Waals surface area contributed by atoms with Gasteiger partial charge in [0.25, 0.3) is 0 Å². The van der Waals surface area contributed by atoms with Crippen molar-refractivity contribution >= 4 is 11.6 Å². The molecule has 1 aromatic carbocycles. The van der Waals surface area contributed by atoms with Crippen LogP contribution in [0.1, 0.15) is 37.7 Å². The van der Waals surface area contributed by atoms with Crippen LogP contribution < -0.4 is 15.5 Å². The highest BCUT2D eigenvalue weighted by molar-refractivity contribution is 5.80. The third-order valence-electron chi connectivity index (χ3n) is 4.93. The average molecular weight is 314 g/mol. The van der Waals surface area contributed by atoms with Crippen LogP contribution in [0.4, 0.5) is 5.69 Å².